The summed E-state index contributed by atoms with van der Waals surface area (Å²) in [7, 11) is 0. The highest BCUT2D eigenvalue weighted by atomic mass is 15.1. The molecular weight excluding hydrogens is 573 g/mol. The van der Waals surface area contributed by atoms with Gasteiger partial charge in [0.25, 0.3) is 0 Å². The Morgan fingerprint density at radius 1 is 0.340 bits per heavy atom. The molecule has 0 unspecified atom stereocenters. The fraction of sp³-hybridized carbons (Fsp3) is 0. The zero-order chi connectivity index (χ0) is 30.6. The monoisotopic (exact) mass is 598 g/mol. The van der Waals surface area contributed by atoms with Gasteiger partial charge in [-0.15, -0.1) is 0 Å². The number of rotatable bonds is 2. The van der Waals surface area contributed by atoms with Crippen LogP contribution in [0.5, 0.6) is 0 Å². The van der Waals surface area contributed by atoms with Crippen molar-refractivity contribution >= 4 is 81.7 Å². The second-order valence-corrected chi connectivity index (χ2v) is 12.4. The number of nitrogens with zero attached hydrogens (tertiary/aromatic N) is 4. The molecule has 0 saturated carbocycles. The normalized spacial score (nSPS) is 12.3. The summed E-state index contributed by atoms with van der Waals surface area (Å²) in [5.41, 5.74) is 8.26. The fourth-order valence-corrected chi connectivity index (χ4v) is 8.11. The minimum Gasteiger partial charge on any atom is -0.308 e. The van der Waals surface area contributed by atoms with Crippen molar-refractivity contribution in [3.8, 4) is 11.6 Å². The Labute approximate surface area is 268 Å². The summed E-state index contributed by atoms with van der Waals surface area (Å²) in [5.74, 6) is 1.79. The molecule has 0 fully saturated rings. The Morgan fingerprint density at radius 2 is 0.809 bits per heavy atom. The SMILES string of the molecule is c1cc(-n2c3ccccc3c3ccccc32)nc(-n2c3ccccc3c3c2ccc2cc4c5ccccc5c5ccccc5n4c23)c1. The van der Waals surface area contributed by atoms with E-state index in [4.69, 9.17) is 4.98 Å². The van der Waals surface area contributed by atoms with E-state index in [1.54, 1.807) is 0 Å². The first-order valence-electron chi connectivity index (χ1n) is 16.1. The number of aromatic nitrogens is 4. The third-order valence-corrected chi connectivity index (χ3v) is 10.00. The molecule has 0 N–H and O–H groups in total. The maximum Gasteiger partial charge on any atom is 0.140 e. The highest BCUT2D eigenvalue weighted by molar-refractivity contribution is 6.24. The lowest BCUT2D eigenvalue weighted by molar-refractivity contribution is 1.01. The van der Waals surface area contributed by atoms with Crippen LogP contribution in [0.3, 0.4) is 0 Å². The number of benzene rings is 6. The molecule has 0 aliphatic carbocycles. The van der Waals surface area contributed by atoms with E-state index in [0.29, 0.717) is 0 Å². The zero-order valence-corrected chi connectivity index (χ0v) is 25.3. The van der Waals surface area contributed by atoms with Crippen molar-refractivity contribution in [2.24, 2.45) is 0 Å². The summed E-state index contributed by atoms with van der Waals surface area (Å²) in [5, 5.41) is 9.95. The Hall–Kier alpha value is -6.39. The summed E-state index contributed by atoms with van der Waals surface area (Å²) in [6.45, 7) is 0. The van der Waals surface area contributed by atoms with Gasteiger partial charge in [-0.2, -0.15) is 0 Å². The van der Waals surface area contributed by atoms with Crippen LogP contribution in [-0.4, -0.2) is 18.5 Å². The van der Waals surface area contributed by atoms with E-state index in [-0.39, 0.29) is 0 Å². The van der Waals surface area contributed by atoms with Gasteiger partial charge in [0, 0.05) is 37.7 Å². The van der Waals surface area contributed by atoms with Crippen molar-refractivity contribution < 1.29 is 0 Å². The topological polar surface area (TPSA) is 27.2 Å². The molecule has 47 heavy (non-hydrogen) atoms. The number of pyridine rings is 2. The summed E-state index contributed by atoms with van der Waals surface area (Å²) in [6, 6.07) is 56.8. The largest absolute Gasteiger partial charge is 0.308 e. The fourth-order valence-electron chi connectivity index (χ4n) is 8.11. The van der Waals surface area contributed by atoms with Crippen LogP contribution in [0.25, 0.3) is 93.3 Å². The van der Waals surface area contributed by atoms with Gasteiger partial charge >= 0.3 is 0 Å². The molecule has 4 heteroatoms. The average Bonchev–Trinajstić information content (AvgIpc) is 3.80. The maximum atomic E-state index is 5.40. The molecule has 0 amide bonds. The van der Waals surface area contributed by atoms with Crippen molar-refractivity contribution in [2.75, 3.05) is 0 Å². The number of hydrogen-bond donors (Lipinski definition) is 0. The van der Waals surface area contributed by atoms with Crippen LogP contribution in [0.4, 0.5) is 0 Å². The van der Waals surface area contributed by atoms with Crippen LogP contribution in [0.2, 0.25) is 0 Å². The van der Waals surface area contributed by atoms with E-state index < -0.39 is 0 Å². The van der Waals surface area contributed by atoms with Crippen molar-refractivity contribution in [1.29, 1.82) is 0 Å². The second kappa shape index (κ2) is 9.09. The molecule has 0 radical (unpaired) electrons. The molecule has 6 aromatic carbocycles. The predicted molar refractivity (Wildman–Crippen MR) is 196 cm³/mol. The van der Waals surface area contributed by atoms with Crippen molar-refractivity contribution in [3.05, 3.63) is 158 Å². The summed E-state index contributed by atoms with van der Waals surface area (Å²) < 4.78 is 7.11. The van der Waals surface area contributed by atoms with E-state index >= 15 is 0 Å². The molecule has 5 heterocycles. The maximum absolute atomic E-state index is 5.40. The molecule has 0 saturated heterocycles. The molecule has 5 aromatic heterocycles. The van der Waals surface area contributed by atoms with E-state index in [1.165, 1.54) is 59.6 Å². The van der Waals surface area contributed by atoms with Crippen LogP contribution in [0.1, 0.15) is 0 Å². The lowest BCUT2D eigenvalue weighted by atomic mass is 10.1. The van der Waals surface area contributed by atoms with Crippen LogP contribution < -0.4 is 0 Å². The van der Waals surface area contributed by atoms with Gasteiger partial charge in [0.15, 0.2) is 0 Å². The molecular formula is C43H26N4. The number of hydrogen-bond acceptors (Lipinski definition) is 1. The summed E-state index contributed by atoms with van der Waals surface area (Å²) >= 11 is 0. The average molecular weight is 599 g/mol. The van der Waals surface area contributed by atoms with E-state index in [0.717, 1.165) is 33.7 Å². The third kappa shape index (κ3) is 3.23. The van der Waals surface area contributed by atoms with Gasteiger partial charge in [-0.1, -0.05) is 109 Å². The predicted octanol–water partition coefficient (Wildman–Crippen LogP) is 11.0. The zero-order valence-electron chi connectivity index (χ0n) is 25.3. The molecule has 0 spiro atoms. The Kier molecular flexibility index (Phi) is 4.81. The highest BCUT2D eigenvalue weighted by Crippen LogP contribution is 2.41. The van der Waals surface area contributed by atoms with E-state index in [9.17, 15) is 0 Å². The molecule has 11 aromatic rings. The third-order valence-electron chi connectivity index (χ3n) is 10.00. The van der Waals surface area contributed by atoms with Gasteiger partial charge in [-0.05, 0) is 53.9 Å². The molecule has 4 nitrogen and oxygen atoms in total. The van der Waals surface area contributed by atoms with Crippen LogP contribution in [-0.2, 0) is 0 Å². The van der Waals surface area contributed by atoms with Gasteiger partial charge in [0.05, 0.1) is 38.6 Å². The number of fused-ring (bicyclic) bond motifs is 15. The van der Waals surface area contributed by atoms with Gasteiger partial charge < -0.3 is 4.40 Å². The van der Waals surface area contributed by atoms with Crippen LogP contribution >= 0.6 is 0 Å². The molecule has 218 valence electrons. The summed E-state index contributed by atoms with van der Waals surface area (Å²) in [6.07, 6.45) is 0. The molecule has 0 bridgehead atoms. The smallest absolute Gasteiger partial charge is 0.140 e. The van der Waals surface area contributed by atoms with Crippen molar-refractivity contribution in [2.45, 2.75) is 0 Å². The Balaban J connectivity index is 1.27. The molecule has 11 rings (SSSR count). The van der Waals surface area contributed by atoms with Gasteiger partial charge in [-0.25, -0.2) is 4.98 Å². The van der Waals surface area contributed by atoms with Crippen molar-refractivity contribution in [1.82, 2.24) is 18.5 Å². The van der Waals surface area contributed by atoms with Gasteiger partial charge in [-0.3, -0.25) is 9.13 Å². The standard InChI is InChI=1S/C43H26N4/c1-2-14-30-28(12-1)29-13-3-9-20-36(29)47-39(30)26-27-24-25-38-42(43(27)47)33-17-6-10-21-37(33)46(38)41-23-11-22-40(44-41)45-34-18-7-4-15-31(34)32-16-5-8-19-35(32)45/h1-26H. The Bertz CT molecular complexity index is 3030. The van der Waals surface area contributed by atoms with Crippen molar-refractivity contribution in [3.63, 3.8) is 0 Å². The van der Waals surface area contributed by atoms with Crippen LogP contribution in [0, 0.1) is 0 Å². The minimum absolute atomic E-state index is 0.895. The summed E-state index contributed by atoms with van der Waals surface area (Å²) in [4.78, 5) is 5.40. The van der Waals surface area contributed by atoms with Gasteiger partial charge in [0.2, 0.25) is 0 Å². The molecule has 0 atom stereocenters. The first-order chi connectivity index (χ1) is 23.3. The van der Waals surface area contributed by atoms with Crippen LogP contribution in [0.15, 0.2) is 158 Å². The first kappa shape index (κ1) is 24.9. The quantitative estimate of drug-likeness (QED) is 0.182. The minimum atomic E-state index is 0.895. The second-order valence-electron chi connectivity index (χ2n) is 12.4. The van der Waals surface area contributed by atoms with E-state index in [2.05, 4.69) is 171 Å². The highest BCUT2D eigenvalue weighted by Gasteiger charge is 2.21. The first-order valence-corrected chi connectivity index (χ1v) is 16.1. The van der Waals surface area contributed by atoms with Gasteiger partial charge in [0.1, 0.15) is 11.6 Å². The number of para-hydroxylation sites is 4. The molecule has 0 aliphatic rings. The lowest BCUT2D eigenvalue weighted by Crippen LogP contribution is -2.03. The Morgan fingerprint density at radius 3 is 1.45 bits per heavy atom. The van der Waals surface area contributed by atoms with E-state index in [1.807, 2.05) is 0 Å². The molecule has 0 aliphatic heterocycles. The lowest BCUT2D eigenvalue weighted by Gasteiger charge is -2.12.